The van der Waals surface area contributed by atoms with Gasteiger partial charge >= 0.3 is 0 Å². The largest absolute Gasteiger partial charge is 0.397 e. The van der Waals surface area contributed by atoms with E-state index in [9.17, 15) is 4.79 Å². The average Bonchev–Trinajstić information content (AvgIpc) is 2.33. The molecule has 86 valence electrons. The van der Waals surface area contributed by atoms with E-state index in [1.165, 1.54) is 0 Å². The van der Waals surface area contributed by atoms with E-state index in [4.69, 9.17) is 11.5 Å². The Labute approximate surface area is 105 Å². The number of nitrogen functional groups attached to an aromatic ring is 2. The Bertz CT molecular complexity index is 564. The summed E-state index contributed by atoms with van der Waals surface area (Å²) in [6.45, 7) is 0. The molecule has 0 fully saturated rings. The average molecular weight is 244 g/mol. The molecule has 2 aromatic carbocycles. The van der Waals surface area contributed by atoms with Gasteiger partial charge in [-0.15, -0.1) is 12.6 Å². The fraction of sp³-hybridized carbons (Fsp3) is 0. The SMILES string of the molecule is Nc1ccc(C(=O)c2ccc(S)cc2)cc1N. The van der Waals surface area contributed by atoms with Gasteiger partial charge in [0.05, 0.1) is 11.4 Å². The van der Waals surface area contributed by atoms with Crippen LogP contribution in [0.5, 0.6) is 0 Å². The van der Waals surface area contributed by atoms with Crippen molar-refractivity contribution in [2.24, 2.45) is 0 Å². The quantitative estimate of drug-likeness (QED) is 0.431. The summed E-state index contributed by atoms with van der Waals surface area (Å²) in [5.41, 5.74) is 13.3. The van der Waals surface area contributed by atoms with Crippen LogP contribution in [-0.2, 0) is 0 Å². The second kappa shape index (κ2) is 4.51. The number of ketones is 1. The predicted octanol–water partition coefficient (Wildman–Crippen LogP) is 2.37. The van der Waals surface area contributed by atoms with Crippen LogP contribution in [0.2, 0.25) is 0 Å². The van der Waals surface area contributed by atoms with Gasteiger partial charge in [-0.2, -0.15) is 0 Å². The molecule has 0 radical (unpaired) electrons. The van der Waals surface area contributed by atoms with Gasteiger partial charge < -0.3 is 11.5 Å². The molecule has 0 amide bonds. The van der Waals surface area contributed by atoms with Gasteiger partial charge in [-0.3, -0.25) is 4.79 Å². The number of benzene rings is 2. The molecule has 0 spiro atoms. The molecule has 0 aliphatic rings. The molecule has 2 rings (SSSR count). The maximum atomic E-state index is 12.1. The third kappa shape index (κ3) is 2.42. The summed E-state index contributed by atoms with van der Waals surface area (Å²) >= 11 is 4.17. The van der Waals surface area contributed by atoms with Crippen LogP contribution in [0.15, 0.2) is 47.4 Å². The molecule has 0 aromatic heterocycles. The van der Waals surface area contributed by atoms with Crippen LogP contribution >= 0.6 is 12.6 Å². The highest BCUT2D eigenvalue weighted by Crippen LogP contribution is 2.19. The van der Waals surface area contributed by atoms with Crippen LogP contribution in [0.3, 0.4) is 0 Å². The van der Waals surface area contributed by atoms with E-state index in [1.807, 2.05) is 0 Å². The second-order valence-corrected chi connectivity index (χ2v) is 4.24. The fourth-order valence-electron chi connectivity index (χ4n) is 1.50. The first kappa shape index (κ1) is 11.5. The molecule has 0 bridgehead atoms. The highest BCUT2D eigenvalue weighted by Gasteiger charge is 2.09. The zero-order chi connectivity index (χ0) is 12.4. The van der Waals surface area contributed by atoms with E-state index < -0.39 is 0 Å². The van der Waals surface area contributed by atoms with Crippen molar-refractivity contribution in [3.63, 3.8) is 0 Å². The Kier molecular flexibility index (Phi) is 3.06. The zero-order valence-electron chi connectivity index (χ0n) is 9.05. The molecule has 2 aromatic rings. The predicted molar refractivity (Wildman–Crippen MR) is 72.4 cm³/mol. The smallest absolute Gasteiger partial charge is 0.193 e. The highest BCUT2D eigenvalue weighted by atomic mass is 32.1. The van der Waals surface area contributed by atoms with Crippen molar-refractivity contribution in [1.82, 2.24) is 0 Å². The summed E-state index contributed by atoms with van der Waals surface area (Å²) in [6.07, 6.45) is 0. The molecular formula is C13H12N2OS. The van der Waals surface area contributed by atoms with Crippen molar-refractivity contribution in [3.8, 4) is 0 Å². The van der Waals surface area contributed by atoms with Crippen molar-refractivity contribution in [2.45, 2.75) is 4.90 Å². The lowest BCUT2D eigenvalue weighted by molar-refractivity contribution is 0.103. The summed E-state index contributed by atoms with van der Waals surface area (Å²) < 4.78 is 0. The van der Waals surface area contributed by atoms with E-state index in [-0.39, 0.29) is 5.78 Å². The third-order valence-corrected chi connectivity index (χ3v) is 2.78. The minimum Gasteiger partial charge on any atom is -0.397 e. The Morgan fingerprint density at radius 2 is 1.47 bits per heavy atom. The Hall–Kier alpha value is -1.94. The minimum atomic E-state index is -0.0787. The molecular weight excluding hydrogens is 232 g/mol. The first-order valence-electron chi connectivity index (χ1n) is 5.06. The molecule has 4 N–H and O–H groups in total. The maximum Gasteiger partial charge on any atom is 0.193 e. The number of thiol groups is 1. The summed E-state index contributed by atoms with van der Waals surface area (Å²) in [4.78, 5) is 12.9. The van der Waals surface area contributed by atoms with Gasteiger partial charge in [-0.25, -0.2) is 0 Å². The third-order valence-electron chi connectivity index (χ3n) is 2.48. The summed E-state index contributed by atoms with van der Waals surface area (Å²) in [6, 6.07) is 11.9. The van der Waals surface area contributed by atoms with E-state index in [2.05, 4.69) is 12.6 Å². The van der Waals surface area contributed by atoms with Gasteiger partial charge in [0.2, 0.25) is 0 Å². The van der Waals surface area contributed by atoms with E-state index >= 15 is 0 Å². The summed E-state index contributed by atoms with van der Waals surface area (Å²) in [5.74, 6) is -0.0787. The zero-order valence-corrected chi connectivity index (χ0v) is 9.95. The van der Waals surface area contributed by atoms with Gasteiger partial charge in [0.15, 0.2) is 5.78 Å². The van der Waals surface area contributed by atoms with Crippen LogP contribution in [0.25, 0.3) is 0 Å². The number of rotatable bonds is 2. The van der Waals surface area contributed by atoms with E-state index in [0.717, 1.165) is 4.90 Å². The number of hydrogen-bond donors (Lipinski definition) is 3. The van der Waals surface area contributed by atoms with Crippen LogP contribution in [0.1, 0.15) is 15.9 Å². The molecule has 0 unspecified atom stereocenters. The Balaban J connectivity index is 2.37. The lowest BCUT2D eigenvalue weighted by Gasteiger charge is -2.04. The van der Waals surface area contributed by atoms with Gasteiger partial charge in [0.1, 0.15) is 0 Å². The van der Waals surface area contributed by atoms with Crippen molar-refractivity contribution in [3.05, 3.63) is 53.6 Å². The molecule has 0 saturated carbocycles. The standard InChI is InChI=1S/C13H12N2OS/c14-11-6-3-9(7-12(11)15)13(16)8-1-4-10(17)5-2-8/h1-7,17H,14-15H2. The number of nitrogens with two attached hydrogens (primary N) is 2. The van der Waals surface area contributed by atoms with Crippen molar-refractivity contribution in [2.75, 3.05) is 11.5 Å². The molecule has 17 heavy (non-hydrogen) atoms. The molecule has 0 saturated heterocycles. The van der Waals surface area contributed by atoms with Crippen molar-refractivity contribution >= 4 is 29.8 Å². The van der Waals surface area contributed by atoms with Crippen LogP contribution in [0.4, 0.5) is 11.4 Å². The minimum absolute atomic E-state index is 0.0787. The molecule has 3 nitrogen and oxygen atoms in total. The van der Waals surface area contributed by atoms with E-state index in [0.29, 0.717) is 22.5 Å². The van der Waals surface area contributed by atoms with Crippen LogP contribution < -0.4 is 11.5 Å². The first-order chi connectivity index (χ1) is 8.08. The number of hydrogen-bond acceptors (Lipinski definition) is 4. The van der Waals surface area contributed by atoms with Gasteiger partial charge in [-0.05, 0) is 42.5 Å². The van der Waals surface area contributed by atoms with Crippen molar-refractivity contribution < 1.29 is 4.79 Å². The molecule has 0 atom stereocenters. The van der Waals surface area contributed by atoms with E-state index in [1.54, 1.807) is 42.5 Å². The normalized spacial score (nSPS) is 10.2. The topological polar surface area (TPSA) is 69.1 Å². The first-order valence-corrected chi connectivity index (χ1v) is 5.51. The second-order valence-electron chi connectivity index (χ2n) is 3.72. The van der Waals surface area contributed by atoms with Crippen LogP contribution in [-0.4, -0.2) is 5.78 Å². The van der Waals surface area contributed by atoms with Gasteiger partial charge in [-0.1, -0.05) is 0 Å². The lowest BCUT2D eigenvalue weighted by atomic mass is 10.0. The Morgan fingerprint density at radius 1 is 0.882 bits per heavy atom. The van der Waals surface area contributed by atoms with Crippen molar-refractivity contribution in [1.29, 1.82) is 0 Å². The van der Waals surface area contributed by atoms with Gasteiger partial charge in [0, 0.05) is 16.0 Å². The lowest BCUT2D eigenvalue weighted by Crippen LogP contribution is -2.03. The number of carbonyl (C=O) groups is 1. The van der Waals surface area contributed by atoms with Gasteiger partial charge in [0.25, 0.3) is 0 Å². The molecule has 0 heterocycles. The molecule has 0 aliphatic heterocycles. The summed E-state index contributed by atoms with van der Waals surface area (Å²) in [5, 5.41) is 0. The molecule has 4 heteroatoms. The highest BCUT2D eigenvalue weighted by molar-refractivity contribution is 7.80. The number of anilines is 2. The monoisotopic (exact) mass is 244 g/mol. The summed E-state index contributed by atoms with van der Waals surface area (Å²) in [7, 11) is 0. The molecule has 0 aliphatic carbocycles. The fourth-order valence-corrected chi connectivity index (χ4v) is 1.64. The number of carbonyl (C=O) groups excluding carboxylic acids is 1. The Morgan fingerprint density at radius 3 is 2.06 bits per heavy atom. The maximum absolute atomic E-state index is 12.1. The van der Waals surface area contributed by atoms with Crippen LogP contribution in [0, 0.1) is 0 Å².